The van der Waals surface area contributed by atoms with Crippen LogP contribution in [0.1, 0.15) is 24.3 Å². The molecule has 1 unspecified atom stereocenters. The van der Waals surface area contributed by atoms with Crippen LogP contribution < -0.4 is 15.4 Å². The van der Waals surface area contributed by atoms with Crippen LogP contribution in [0.25, 0.3) is 0 Å². The lowest BCUT2D eigenvalue weighted by atomic mass is 10.1. The first kappa shape index (κ1) is 17.3. The van der Waals surface area contributed by atoms with Crippen molar-refractivity contribution >= 4 is 40.4 Å². The van der Waals surface area contributed by atoms with Crippen LogP contribution in [0.5, 0.6) is 5.75 Å². The summed E-state index contributed by atoms with van der Waals surface area (Å²) >= 11 is 7.53. The third kappa shape index (κ3) is 4.97. The van der Waals surface area contributed by atoms with Gasteiger partial charge in [-0.1, -0.05) is 17.7 Å². The van der Waals surface area contributed by atoms with E-state index in [0.717, 1.165) is 4.88 Å². The molecule has 0 saturated carbocycles. The standard InChI is InChI=1S/C16H17ClN2O3S/c1-10(20)18-13(15-4-3-7-23-15)9-16(21)19-11-5-6-14(22-2)12(17)8-11/h3-8,13H,9H2,1-2H3,(H,18,20)(H,19,21). The fourth-order valence-corrected chi connectivity index (χ4v) is 3.13. The van der Waals surface area contributed by atoms with Crippen molar-refractivity contribution in [2.45, 2.75) is 19.4 Å². The van der Waals surface area contributed by atoms with Crippen LogP contribution >= 0.6 is 22.9 Å². The highest BCUT2D eigenvalue weighted by Crippen LogP contribution is 2.28. The summed E-state index contributed by atoms with van der Waals surface area (Å²) in [4.78, 5) is 24.5. The third-order valence-electron chi connectivity index (χ3n) is 3.09. The Morgan fingerprint density at radius 2 is 2.13 bits per heavy atom. The van der Waals surface area contributed by atoms with Crippen LogP contribution in [0.4, 0.5) is 5.69 Å². The Balaban J connectivity index is 2.04. The van der Waals surface area contributed by atoms with Crippen LogP contribution in [0.2, 0.25) is 5.02 Å². The topological polar surface area (TPSA) is 67.4 Å². The minimum atomic E-state index is -0.346. The molecule has 1 heterocycles. The van der Waals surface area contributed by atoms with Gasteiger partial charge in [-0.3, -0.25) is 9.59 Å². The average molecular weight is 353 g/mol. The first-order valence-electron chi connectivity index (χ1n) is 6.93. The average Bonchev–Trinajstić information content (AvgIpc) is 3.00. The number of carbonyl (C=O) groups is 2. The number of halogens is 1. The van der Waals surface area contributed by atoms with Crippen molar-refractivity contribution in [3.63, 3.8) is 0 Å². The Bertz CT molecular complexity index is 689. The lowest BCUT2D eigenvalue weighted by Crippen LogP contribution is -2.29. The largest absolute Gasteiger partial charge is 0.495 e. The van der Waals surface area contributed by atoms with Gasteiger partial charge >= 0.3 is 0 Å². The zero-order valence-corrected chi connectivity index (χ0v) is 14.3. The summed E-state index contributed by atoms with van der Waals surface area (Å²) in [6.45, 7) is 1.43. The molecule has 2 N–H and O–H groups in total. The second-order valence-corrected chi connectivity index (χ2v) is 6.26. The Morgan fingerprint density at radius 1 is 1.35 bits per heavy atom. The fourth-order valence-electron chi connectivity index (χ4n) is 2.10. The molecule has 5 nitrogen and oxygen atoms in total. The maximum atomic E-state index is 12.2. The van der Waals surface area contributed by atoms with E-state index in [9.17, 15) is 9.59 Å². The van der Waals surface area contributed by atoms with Crippen molar-refractivity contribution in [1.82, 2.24) is 5.32 Å². The number of amides is 2. The number of benzene rings is 1. The van der Waals surface area contributed by atoms with Gasteiger partial charge in [0.25, 0.3) is 0 Å². The molecule has 2 rings (SSSR count). The summed E-state index contributed by atoms with van der Waals surface area (Å²) in [7, 11) is 1.53. The smallest absolute Gasteiger partial charge is 0.226 e. The van der Waals surface area contributed by atoms with E-state index in [4.69, 9.17) is 16.3 Å². The van der Waals surface area contributed by atoms with Gasteiger partial charge in [0.2, 0.25) is 11.8 Å². The Hall–Kier alpha value is -2.05. The van der Waals surface area contributed by atoms with Gasteiger partial charge in [-0.2, -0.15) is 0 Å². The number of nitrogens with one attached hydrogen (secondary N) is 2. The predicted molar refractivity (Wildman–Crippen MR) is 92.1 cm³/mol. The molecule has 1 aromatic heterocycles. The van der Waals surface area contributed by atoms with E-state index in [0.29, 0.717) is 16.5 Å². The van der Waals surface area contributed by atoms with Crippen molar-refractivity contribution in [3.8, 4) is 5.75 Å². The maximum Gasteiger partial charge on any atom is 0.226 e. The molecule has 2 aromatic rings. The molecule has 0 saturated heterocycles. The van der Waals surface area contributed by atoms with Crippen LogP contribution in [-0.4, -0.2) is 18.9 Å². The van der Waals surface area contributed by atoms with Crippen LogP contribution in [0.15, 0.2) is 35.7 Å². The van der Waals surface area contributed by atoms with Crippen LogP contribution in [-0.2, 0) is 9.59 Å². The van der Waals surface area contributed by atoms with Crippen molar-refractivity contribution in [2.75, 3.05) is 12.4 Å². The van der Waals surface area contributed by atoms with Gasteiger partial charge < -0.3 is 15.4 Å². The summed E-state index contributed by atoms with van der Waals surface area (Å²) in [5.41, 5.74) is 0.577. The molecule has 7 heteroatoms. The molecule has 122 valence electrons. The zero-order chi connectivity index (χ0) is 16.8. The van der Waals surface area contributed by atoms with E-state index in [1.807, 2.05) is 17.5 Å². The molecule has 23 heavy (non-hydrogen) atoms. The first-order chi connectivity index (χ1) is 11.0. The normalized spacial score (nSPS) is 11.6. The molecule has 0 fully saturated rings. The molecule has 0 aliphatic carbocycles. The van der Waals surface area contributed by atoms with E-state index >= 15 is 0 Å². The summed E-state index contributed by atoms with van der Waals surface area (Å²) in [5.74, 6) is 0.154. The molecule has 1 aromatic carbocycles. The van der Waals surface area contributed by atoms with Crippen molar-refractivity contribution in [3.05, 3.63) is 45.6 Å². The highest BCUT2D eigenvalue weighted by Gasteiger charge is 2.18. The zero-order valence-electron chi connectivity index (χ0n) is 12.8. The van der Waals surface area contributed by atoms with E-state index < -0.39 is 0 Å². The molecule has 0 radical (unpaired) electrons. The lowest BCUT2D eigenvalue weighted by molar-refractivity contribution is -0.120. The number of methoxy groups -OCH3 is 1. The van der Waals surface area contributed by atoms with Gasteiger partial charge in [-0.05, 0) is 29.6 Å². The highest BCUT2D eigenvalue weighted by atomic mass is 35.5. The summed E-state index contributed by atoms with van der Waals surface area (Å²) < 4.78 is 5.07. The highest BCUT2D eigenvalue weighted by molar-refractivity contribution is 7.10. The molecule has 0 aliphatic rings. The number of anilines is 1. The summed E-state index contributed by atoms with van der Waals surface area (Å²) in [6.07, 6.45) is 0.143. The summed E-state index contributed by atoms with van der Waals surface area (Å²) in [6, 6.07) is 8.44. The fraction of sp³-hybridized carbons (Fsp3) is 0.250. The van der Waals surface area contributed by atoms with Gasteiger partial charge in [0, 0.05) is 17.5 Å². The minimum Gasteiger partial charge on any atom is -0.495 e. The number of rotatable bonds is 6. The quantitative estimate of drug-likeness (QED) is 0.834. The first-order valence-corrected chi connectivity index (χ1v) is 8.19. The molecule has 2 amide bonds. The summed E-state index contributed by atoms with van der Waals surface area (Å²) in [5, 5.41) is 7.89. The predicted octanol–water partition coefficient (Wildman–Crippen LogP) is 3.62. The monoisotopic (exact) mass is 352 g/mol. The number of hydrogen-bond acceptors (Lipinski definition) is 4. The Labute approximate surface area is 143 Å². The van der Waals surface area contributed by atoms with Gasteiger partial charge in [0.1, 0.15) is 5.75 Å². The van der Waals surface area contributed by atoms with Gasteiger partial charge in [-0.15, -0.1) is 11.3 Å². The third-order valence-corrected chi connectivity index (χ3v) is 4.37. The Kier molecular flexibility index (Phi) is 6.01. The number of thiophene rings is 1. The second kappa shape index (κ2) is 7.99. The second-order valence-electron chi connectivity index (χ2n) is 4.87. The SMILES string of the molecule is COc1ccc(NC(=O)CC(NC(C)=O)c2cccs2)cc1Cl. The van der Waals surface area contributed by atoms with Crippen molar-refractivity contribution in [1.29, 1.82) is 0 Å². The van der Waals surface area contributed by atoms with Crippen molar-refractivity contribution in [2.24, 2.45) is 0 Å². The van der Waals surface area contributed by atoms with Crippen LogP contribution in [0.3, 0.4) is 0 Å². The molecule has 0 spiro atoms. The lowest BCUT2D eigenvalue weighted by Gasteiger charge is -2.16. The number of ether oxygens (including phenoxy) is 1. The van der Waals surface area contributed by atoms with Gasteiger partial charge in [0.05, 0.1) is 24.6 Å². The Morgan fingerprint density at radius 3 is 2.70 bits per heavy atom. The van der Waals surface area contributed by atoms with E-state index in [1.165, 1.54) is 25.4 Å². The minimum absolute atomic E-state index is 0.143. The van der Waals surface area contributed by atoms with E-state index in [1.54, 1.807) is 18.2 Å². The van der Waals surface area contributed by atoms with Crippen molar-refractivity contribution < 1.29 is 14.3 Å². The molecule has 1 atom stereocenters. The van der Waals surface area contributed by atoms with E-state index in [2.05, 4.69) is 10.6 Å². The number of hydrogen-bond donors (Lipinski definition) is 2. The van der Waals surface area contributed by atoms with Gasteiger partial charge in [0.15, 0.2) is 0 Å². The maximum absolute atomic E-state index is 12.2. The molecule has 0 bridgehead atoms. The molecular formula is C16H17ClN2O3S. The molecule has 0 aliphatic heterocycles. The van der Waals surface area contributed by atoms with Crippen LogP contribution in [0, 0.1) is 0 Å². The number of carbonyl (C=O) groups excluding carboxylic acids is 2. The van der Waals surface area contributed by atoms with E-state index in [-0.39, 0.29) is 24.3 Å². The molecular weight excluding hydrogens is 336 g/mol. The van der Waals surface area contributed by atoms with Gasteiger partial charge in [-0.25, -0.2) is 0 Å².